The van der Waals surface area contributed by atoms with Crippen LogP contribution in [0.3, 0.4) is 0 Å². The largest absolute Gasteiger partial charge is 2.00 e. The predicted octanol–water partition coefficient (Wildman–Crippen LogP) is 3.72. The van der Waals surface area contributed by atoms with Gasteiger partial charge in [0.25, 0.3) is 0 Å². The first-order valence-corrected chi connectivity index (χ1v) is 5.71. The van der Waals surface area contributed by atoms with Gasteiger partial charge in [-0.15, -0.1) is 11.3 Å². The molecule has 0 amide bonds. The van der Waals surface area contributed by atoms with Crippen molar-refractivity contribution >= 4 is 22.9 Å². The van der Waals surface area contributed by atoms with Gasteiger partial charge in [0.2, 0.25) is 5.78 Å². The van der Waals surface area contributed by atoms with Gasteiger partial charge in [-0.2, -0.15) is 30.7 Å². The third-order valence-electron chi connectivity index (χ3n) is 2.22. The molecule has 1 rings (SSSR count). The van der Waals surface area contributed by atoms with Gasteiger partial charge in [-0.05, 0) is 11.4 Å². The minimum Gasteiger partial charge on any atom is -0.293 e. The fraction of sp³-hybridized carbons (Fsp3) is 0.400. The first-order chi connectivity index (χ1) is 8.91. The molecule has 0 bridgehead atoms. The second-order valence-corrected chi connectivity index (χ2v) is 4.59. The van der Waals surface area contributed by atoms with Crippen LogP contribution in [0.1, 0.15) is 16.1 Å². The monoisotopic (exact) mass is 385 g/mol. The van der Waals surface area contributed by atoms with E-state index in [0.29, 0.717) is 0 Å². The van der Waals surface area contributed by atoms with E-state index in [2.05, 4.69) is 0 Å². The summed E-state index contributed by atoms with van der Waals surface area (Å²) in [4.78, 5) is 22.0. The Hall–Kier alpha value is -0.931. The number of hydrogen-bond acceptors (Lipinski definition) is 3. The Morgan fingerprint density at radius 1 is 1.05 bits per heavy atom. The van der Waals surface area contributed by atoms with Gasteiger partial charge in [0, 0.05) is 0 Å². The molecular weight excluding hydrogens is 381 g/mol. The normalized spacial score (nSPS) is 12.7. The molecule has 1 radical (unpaired) electrons. The van der Waals surface area contributed by atoms with Crippen molar-refractivity contribution < 1.29 is 57.4 Å². The van der Waals surface area contributed by atoms with Crippen LogP contribution in [0, 0.1) is 0 Å². The third-order valence-corrected chi connectivity index (χ3v) is 3.13. The first-order valence-electron chi connectivity index (χ1n) is 4.83. The van der Waals surface area contributed by atoms with Crippen LogP contribution in [-0.4, -0.2) is 29.6 Å². The van der Waals surface area contributed by atoms with Crippen LogP contribution in [0.25, 0.3) is 0 Å². The Labute approximate surface area is 127 Å². The van der Waals surface area contributed by atoms with E-state index in [0.717, 1.165) is 17.4 Å². The van der Waals surface area contributed by atoms with Crippen molar-refractivity contribution in [3.05, 3.63) is 22.4 Å². The molecule has 0 aromatic carbocycles. The summed E-state index contributed by atoms with van der Waals surface area (Å²) in [5.41, 5.74) is 0. The summed E-state index contributed by atoms with van der Waals surface area (Å²) in [7, 11) is 0. The zero-order chi connectivity index (χ0) is 15.8. The molecule has 1 aromatic heterocycles. The molecule has 0 aliphatic carbocycles. The molecule has 1 heterocycles. The molecule has 0 saturated carbocycles. The van der Waals surface area contributed by atoms with E-state index >= 15 is 0 Å². The number of ketones is 2. The molecule has 0 aliphatic rings. The van der Waals surface area contributed by atoms with Gasteiger partial charge >= 0.3 is 35.1 Å². The van der Waals surface area contributed by atoms with E-state index in [1.165, 1.54) is 11.4 Å². The molecule has 1 aromatic rings. The number of hydrogen-bond donors (Lipinski definition) is 0. The Bertz CT molecular complexity index is 510. The van der Waals surface area contributed by atoms with Gasteiger partial charge in [-0.25, -0.2) is 0 Å². The van der Waals surface area contributed by atoms with E-state index in [9.17, 15) is 40.3 Å². The van der Waals surface area contributed by atoms with E-state index < -0.39 is 36.0 Å². The van der Waals surface area contributed by atoms with Crippen LogP contribution in [0.5, 0.6) is 0 Å². The van der Waals surface area contributed by atoms with Crippen LogP contribution in [0.15, 0.2) is 17.5 Å². The van der Waals surface area contributed by atoms with Crippen molar-refractivity contribution in [2.75, 3.05) is 0 Å². The summed E-state index contributed by atoms with van der Waals surface area (Å²) in [5, 5.41) is 1.35. The fourth-order valence-electron chi connectivity index (χ4n) is 1.13. The van der Waals surface area contributed by atoms with Crippen LogP contribution in [0.2, 0.25) is 0 Å². The summed E-state index contributed by atoms with van der Waals surface area (Å²) in [6, 6.07) is 2.45. The van der Waals surface area contributed by atoms with Crippen LogP contribution in [0.4, 0.5) is 30.7 Å². The second kappa shape index (κ2) is 6.45. The number of halogens is 7. The minimum absolute atomic E-state index is 0. The Morgan fingerprint density at radius 3 is 1.95 bits per heavy atom. The SMILES string of the molecule is O=C(CC(=O)C(F)(F)C(F)(F)C(F)(F)F)c1cccs1.[Cu+2]. The topological polar surface area (TPSA) is 34.1 Å². The van der Waals surface area contributed by atoms with Gasteiger partial charge in [-0.3, -0.25) is 9.59 Å². The molecule has 0 atom stereocenters. The smallest absolute Gasteiger partial charge is 0.293 e. The Kier molecular flexibility index (Phi) is 6.16. The van der Waals surface area contributed by atoms with Gasteiger partial charge in [0.15, 0.2) is 5.78 Å². The third kappa shape index (κ3) is 3.83. The predicted molar refractivity (Wildman–Crippen MR) is 54.2 cm³/mol. The standard InChI is InChI=1S/C10H5F7O2S.Cu/c11-8(12,9(13,14)10(15,16)17)7(19)4-5(18)6-2-1-3-20-6;/h1-3H,4H2;/q;+2. The van der Waals surface area contributed by atoms with Crippen molar-refractivity contribution in [2.45, 2.75) is 24.4 Å². The number of rotatable bonds is 5. The summed E-state index contributed by atoms with van der Waals surface area (Å²) in [6.45, 7) is 0. The summed E-state index contributed by atoms with van der Waals surface area (Å²) < 4.78 is 86.4. The van der Waals surface area contributed by atoms with E-state index in [1.54, 1.807) is 0 Å². The number of Topliss-reactive ketones (excluding diaryl/α,β-unsaturated/α-hetero) is 2. The van der Waals surface area contributed by atoms with Crippen molar-refractivity contribution in [1.29, 1.82) is 0 Å². The number of alkyl halides is 7. The Morgan fingerprint density at radius 2 is 1.57 bits per heavy atom. The first kappa shape index (κ1) is 20.1. The maximum absolute atomic E-state index is 12.9. The summed E-state index contributed by atoms with van der Waals surface area (Å²) in [5.74, 6) is -16.6. The van der Waals surface area contributed by atoms with E-state index in [4.69, 9.17) is 0 Å². The average molecular weight is 386 g/mol. The maximum atomic E-state index is 12.9. The van der Waals surface area contributed by atoms with Gasteiger partial charge in [-0.1, -0.05) is 6.07 Å². The number of thiophene rings is 1. The van der Waals surface area contributed by atoms with Crippen molar-refractivity contribution in [1.82, 2.24) is 0 Å². The molecule has 0 N–H and O–H groups in total. The average Bonchev–Trinajstić information content (AvgIpc) is 2.80. The zero-order valence-electron chi connectivity index (χ0n) is 9.61. The van der Waals surface area contributed by atoms with Gasteiger partial charge < -0.3 is 0 Å². The molecule has 0 aliphatic heterocycles. The second-order valence-electron chi connectivity index (χ2n) is 3.65. The fourth-order valence-corrected chi connectivity index (χ4v) is 1.80. The van der Waals surface area contributed by atoms with E-state index in [-0.39, 0.29) is 21.9 Å². The van der Waals surface area contributed by atoms with Crippen LogP contribution < -0.4 is 0 Å². The molecule has 11 heteroatoms. The maximum Gasteiger partial charge on any atom is 2.00 e. The number of carbonyl (C=O) groups is 2. The van der Waals surface area contributed by atoms with Crippen LogP contribution >= 0.6 is 11.3 Å². The molecule has 21 heavy (non-hydrogen) atoms. The Balaban J connectivity index is 0.00000400. The molecule has 2 nitrogen and oxygen atoms in total. The quantitative estimate of drug-likeness (QED) is 0.335. The van der Waals surface area contributed by atoms with Crippen molar-refractivity contribution in [3.8, 4) is 0 Å². The van der Waals surface area contributed by atoms with Crippen LogP contribution in [-0.2, 0) is 21.9 Å². The minimum atomic E-state index is -6.60. The number of carbonyl (C=O) groups excluding carboxylic acids is 2. The molecule has 0 saturated heterocycles. The summed E-state index contributed by atoms with van der Waals surface area (Å²) >= 11 is 0.740. The van der Waals surface area contributed by atoms with E-state index in [1.807, 2.05) is 0 Å². The molecule has 0 unspecified atom stereocenters. The van der Waals surface area contributed by atoms with Gasteiger partial charge in [0.05, 0.1) is 11.3 Å². The zero-order valence-corrected chi connectivity index (χ0v) is 11.4. The van der Waals surface area contributed by atoms with Crippen molar-refractivity contribution in [3.63, 3.8) is 0 Å². The molecule has 0 spiro atoms. The molecular formula is C10H5CuF7O2S+2. The van der Waals surface area contributed by atoms with Crippen molar-refractivity contribution in [2.24, 2.45) is 0 Å². The molecule has 121 valence electrons. The summed E-state index contributed by atoms with van der Waals surface area (Å²) in [6.07, 6.45) is -8.34. The molecule has 0 fully saturated rings. The van der Waals surface area contributed by atoms with Gasteiger partial charge in [0.1, 0.15) is 0 Å².